The van der Waals surface area contributed by atoms with Crippen LogP contribution < -0.4 is 10.5 Å². The SMILES string of the molecule is CC(=O)OC1c2ccc(OCc3ccccc3)c(CS(C)(=O)=O)c2CCC1N. The van der Waals surface area contributed by atoms with Crippen molar-refractivity contribution in [3.8, 4) is 5.75 Å². The van der Waals surface area contributed by atoms with Gasteiger partial charge in [0.2, 0.25) is 0 Å². The van der Waals surface area contributed by atoms with Gasteiger partial charge in [-0.05, 0) is 35.6 Å². The van der Waals surface area contributed by atoms with Gasteiger partial charge in [0.05, 0.1) is 5.75 Å². The second-order valence-electron chi connectivity index (χ2n) is 7.19. The fourth-order valence-electron chi connectivity index (χ4n) is 3.57. The Morgan fingerprint density at radius 3 is 2.54 bits per heavy atom. The zero-order valence-electron chi connectivity index (χ0n) is 16.1. The van der Waals surface area contributed by atoms with Gasteiger partial charge < -0.3 is 15.2 Å². The van der Waals surface area contributed by atoms with Crippen LogP contribution in [0.25, 0.3) is 0 Å². The van der Waals surface area contributed by atoms with E-state index in [1.807, 2.05) is 36.4 Å². The van der Waals surface area contributed by atoms with Crippen LogP contribution in [0.5, 0.6) is 5.75 Å². The predicted octanol–water partition coefficient (Wildman–Crippen LogP) is 2.69. The van der Waals surface area contributed by atoms with E-state index in [4.69, 9.17) is 15.2 Å². The van der Waals surface area contributed by atoms with Crippen LogP contribution in [-0.4, -0.2) is 26.7 Å². The molecule has 0 amide bonds. The highest BCUT2D eigenvalue weighted by atomic mass is 32.2. The molecule has 150 valence electrons. The number of hydrogen-bond acceptors (Lipinski definition) is 6. The number of nitrogens with two attached hydrogens (primary N) is 1. The molecule has 0 fully saturated rings. The maximum Gasteiger partial charge on any atom is 0.303 e. The van der Waals surface area contributed by atoms with Crippen LogP contribution in [0.3, 0.4) is 0 Å². The summed E-state index contributed by atoms with van der Waals surface area (Å²) in [6, 6.07) is 12.9. The summed E-state index contributed by atoms with van der Waals surface area (Å²) in [4.78, 5) is 11.5. The third kappa shape index (κ3) is 4.91. The number of hydrogen-bond donors (Lipinski definition) is 1. The third-order valence-corrected chi connectivity index (χ3v) is 5.60. The Morgan fingerprint density at radius 1 is 1.18 bits per heavy atom. The summed E-state index contributed by atoms with van der Waals surface area (Å²) in [7, 11) is -3.29. The van der Waals surface area contributed by atoms with Gasteiger partial charge in [0.1, 0.15) is 18.5 Å². The smallest absolute Gasteiger partial charge is 0.303 e. The Kier molecular flexibility index (Phi) is 6.05. The third-order valence-electron chi connectivity index (χ3n) is 4.78. The first-order valence-corrected chi connectivity index (χ1v) is 11.2. The maximum atomic E-state index is 12.1. The molecule has 0 aliphatic heterocycles. The molecule has 2 N–H and O–H groups in total. The average molecular weight is 404 g/mol. The van der Waals surface area contributed by atoms with Gasteiger partial charge in [0.25, 0.3) is 0 Å². The van der Waals surface area contributed by atoms with Gasteiger partial charge in [-0.3, -0.25) is 4.79 Å². The van der Waals surface area contributed by atoms with Crippen molar-refractivity contribution in [2.45, 2.75) is 44.3 Å². The van der Waals surface area contributed by atoms with Crippen molar-refractivity contribution in [2.75, 3.05) is 6.26 Å². The van der Waals surface area contributed by atoms with Crippen molar-refractivity contribution in [1.82, 2.24) is 0 Å². The molecule has 0 bridgehead atoms. The van der Waals surface area contributed by atoms with Gasteiger partial charge >= 0.3 is 5.97 Å². The molecule has 0 saturated carbocycles. The minimum Gasteiger partial charge on any atom is -0.489 e. The zero-order chi connectivity index (χ0) is 20.3. The Labute approximate surface area is 165 Å². The molecular weight excluding hydrogens is 378 g/mol. The molecule has 0 aromatic heterocycles. The average Bonchev–Trinajstić information content (AvgIpc) is 2.62. The number of carbonyl (C=O) groups excluding carboxylic acids is 1. The van der Waals surface area contributed by atoms with Gasteiger partial charge in [0, 0.05) is 24.8 Å². The molecule has 2 atom stereocenters. The van der Waals surface area contributed by atoms with E-state index >= 15 is 0 Å². The number of carbonyl (C=O) groups is 1. The van der Waals surface area contributed by atoms with E-state index in [-0.39, 0.29) is 11.8 Å². The number of fused-ring (bicyclic) bond motifs is 1. The summed E-state index contributed by atoms with van der Waals surface area (Å²) < 4.78 is 35.5. The van der Waals surface area contributed by atoms with Crippen molar-refractivity contribution in [3.63, 3.8) is 0 Å². The molecule has 2 aromatic rings. The van der Waals surface area contributed by atoms with E-state index in [9.17, 15) is 13.2 Å². The minimum atomic E-state index is -3.29. The summed E-state index contributed by atoms with van der Waals surface area (Å²) >= 11 is 0. The van der Waals surface area contributed by atoms with Gasteiger partial charge in [-0.2, -0.15) is 0 Å². The molecule has 1 aliphatic rings. The van der Waals surface area contributed by atoms with Crippen molar-refractivity contribution in [2.24, 2.45) is 5.73 Å². The van der Waals surface area contributed by atoms with Gasteiger partial charge in [-0.1, -0.05) is 36.4 Å². The van der Waals surface area contributed by atoms with E-state index in [2.05, 4.69) is 0 Å². The number of benzene rings is 2. The first kappa shape index (κ1) is 20.4. The molecule has 28 heavy (non-hydrogen) atoms. The van der Waals surface area contributed by atoms with E-state index in [1.54, 1.807) is 6.07 Å². The molecule has 7 heteroatoms. The molecule has 2 aromatic carbocycles. The molecule has 0 heterocycles. The van der Waals surface area contributed by atoms with Crippen LogP contribution in [-0.2, 0) is 38.1 Å². The van der Waals surface area contributed by atoms with Crippen LogP contribution in [0.2, 0.25) is 0 Å². The summed E-state index contributed by atoms with van der Waals surface area (Å²) in [5.41, 5.74) is 9.40. The van der Waals surface area contributed by atoms with E-state index in [0.29, 0.717) is 30.8 Å². The molecule has 0 spiro atoms. The topological polar surface area (TPSA) is 95.7 Å². The van der Waals surface area contributed by atoms with E-state index in [0.717, 1.165) is 16.7 Å². The van der Waals surface area contributed by atoms with Crippen LogP contribution in [0, 0.1) is 0 Å². The van der Waals surface area contributed by atoms with Crippen molar-refractivity contribution >= 4 is 15.8 Å². The number of rotatable bonds is 6. The highest BCUT2D eigenvalue weighted by molar-refractivity contribution is 7.89. The number of esters is 1. The normalized spacial score (nSPS) is 19.0. The van der Waals surface area contributed by atoms with Crippen LogP contribution in [0.1, 0.15) is 41.7 Å². The number of sulfone groups is 1. The van der Waals surface area contributed by atoms with Gasteiger partial charge in [-0.15, -0.1) is 0 Å². The monoisotopic (exact) mass is 403 g/mol. The molecule has 3 rings (SSSR count). The molecule has 6 nitrogen and oxygen atoms in total. The molecule has 0 radical (unpaired) electrons. The lowest BCUT2D eigenvalue weighted by molar-refractivity contribution is -0.148. The minimum absolute atomic E-state index is 0.137. The molecule has 2 unspecified atom stereocenters. The summed E-state index contributed by atoms with van der Waals surface area (Å²) in [6.45, 7) is 1.68. The summed E-state index contributed by atoms with van der Waals surface area (Å²) in [5, 5.41) is 0. The van der Waals surface area contributed by atoms with Crippen LogP contribution >= 0.6 is 0 Å². The van der Waals surface area contributed by atoms with Crippen molar-refractivity contribution < 1.29 is 22.7 Å². The second-order valence-corrected chi connectivity index (χ2v) is 9.33. The van der Waals surface area contributed by atoms with Crippen molar-refractivity contribution in [3.05, 3.63) is 64.7 Å². The lowest BCUT2D eigenvalue weighted by Gasteiger charge is -2.32. The Balaban J connectivity index is 2.00. The lowest BCUT2D eigenvalue weighted by Crippen LogP contribution is -2.36. The standard InChI is InChI=1S/C21H25NO5S/c1-14(23)27-21-17-9-11-20(26-12-15-6-4-3-5-7-15)18(13-28(2,24)25)16(17)8-10-19(21)22/h3-7,9,11,19,21H,8,10,12-13,22H2,1-2H3. The zero-order valence-corrected chi connectivity index (χ0v) is 16.9. The lowest BCUT2D eigenvalue weighted by atomic mass is 9.83. The van der Waals surface area contributed by atoms with Crippen LogP contribution in [0.15, 0.2) is 42.5 Å². The highest BCUT2D eigenvalue weighted by Gasteiger charge is 2.32. The molecule has 0 saturated heterocycles. The fraction of sp³-hybridized carbons (Fsp3) is 0.381. The Morgan fingerprint density at radius 2 is 1.89 bits per heavy atom. The maximum absolute atomic E-state index is 12.1. The predicted molar refractivity (Wildman–Crippen MR) is 107 cm³/mol. The Hall–Kier alpha value is -2.38. The van der Waals surface area contributed by atoms with E-state index < -0.39 is 21.9 Å². The highest BCUT2D eigenvalue weighted by Crippen LogP contribution is 2.38. The number of ether oxygens (including phenoxy) is 2. The van der Waals surface area contributed by atoms with Gasteiger partial charge in [-0.25, -0.2) is 8.42 Å². The quantitative estimate of drug-likeness (QED) is 0.745. The second kappa shape index (κ2) is 8.32. The Bertz CT molecular complexity index is 956. The first-order valence-electron chi connectivity index (χ1n) is 9.16. The van der Waals surface area contributed by atoms with Gasteiger partial charge in [0.15, 0.2) is 9.84 Å². The van der Waals surface area contributed by atoms with Crippen molar-refractivity contribution in [1.29, 1.82) is 0 Å². The summed E-state index contributed by atoms with van der Waals surface area (Å²) in [5.74, 6) is -0.0186. The fourth-order valence-corrected chi connectivity index (χ4v) is 4.41. The van der Waals surface area contributed by atoms with Crippen LogP contribution in [0.4, 0.5) is 0 Å². The largest absolute Gasteiger partial charge is 0.489 e. The molecular formula is C21H25NO5S. The molecule has 1 aliphatic carbocycles. The van der Waals surface area contributed by atoms with E-state index in [1.165, 1.54) is 13.2 Å². The summed E-state index contributed by atoms with van der Waals surface area (Å²) in [6.07, 6.45) is 1.83. The first-order chi connectivity index (χ1) is 13.2.